The van der Waals surface area contributed by atoms with Crippen LogP contribution in [0.25, 0.3) is 11.7 Å². The van der Waals surface area contributed by atoms with Crippen molar-refractivity contribution in [2.45, 2.75) is 18.9 Å². The van der Waals surface area contributed by atoms with E-state index < -0.39 is 0 Å². The van der Waals surface area contributed by atoms with E-state index in [0.717, 1.165) is 19.4 Å². The van der Waals surface area contributed by atoms with Gasteiger partial charge in [0.25, 0.3) is 11.5 Å². The van der Waals surface area contributed by atoms with Crippen molar-refractivity contribution >= 4 is 51.7 Å². The summed E-state index contributed by atoms with van der Waals surface area (Å²) >= 11 is 6.36. The Balaban J connectivity index is 1.77. The van der Waals surface area contributed by atoms with E-state index in [-0.39, 0.29) is 17.6 Å². The summed E-state index contributed by atoms with van der Waals surface area (Å²) in [5.41, 5.74) is 0.639. The van der Waals surface area contributed by atoms with E-state index in [2.05, 4.69) is 10.3 Å². The van der Waals surface area contributed by atoms with Crippen molar-refractivity contribution in [1.82, 2.24) is 14.3 Å². The highest BCUT2D eigenvalue weighted by molar-refractivity contribution is 8.26. The molecule has 0 radical (unpaired) electrons. The van der Waals surface area contributed by atoms with Crippen molar-refractivity contribution in [3.8, 4) is 0 Å². The van der Waals surface area contributed by atoms with Crippen LogP contribution in [0.2, 0.25) is 0 Å². The number of thiocarbonyl (C=S) groups is 1. The molecular formula is C18H18N4O3S2. The fourth-order valence-electron chi connectivity index (χ4n) is 3.06. The van der Waals surface area contributed by atoms with Crippen LogP contribution >= 0.6 is 24.0 Å². The molecule has 2 aliphatic heterocycles. The van der Waals surface area contributed by atoms with Gasteiger partial charge in [0.05, 0.1) is 16.6 Å². The number of fused-ring (bicyclic) bond motifs is 1. The van der Waals surface area contributed by atoms with Crippen molar-refractivity contribution in [3.05, 3.63) is 45.2 Å². The number of carbonyl (C=O) groups is 1. The first-order chi connectivity index (χ1) is 13.0. The molecule has 9 heteroatoms. The Bertz CT molecular complexity index is 1010. The summed E-state index contributed by atoms with van der Waals surface area (Å²) < 4.78 is 7.57. The van der Waals surface area contributed by atoms with E-state index in [9.17, 15) is 9.59 Å². The first-order valence-electron chi connectivity index (χ1n) is 8.63. The van der Waals surface area contributed by atoms with Crippen LogP contribution in [0.1, 0.15) is 18.4 Å². The molecule has 2 aliphatic rings. The van der Waals surface area contributed by atoms with Gasteiger partial charge in [-0.25, -0.2) is 4.98 Å². The molecule has 0 saturated carbocycles. The number of nitrogens with one attached hydrogen (secondary N) is 1. The molecule has 4 heterocycles. The van der Waals surface area contributed by atoms with Crippen LogP contribution in [-0.2, 0) is 9.53 Å². The third-order valence-electron chi connectivity index (χ3n) is 4.55. The summed E-state index contributed by atoms with van der Waals surface area (Å²) in [5.74, 6) is 0.232. The molecule has 0 aromatic carbocycles. The van der Waals surface area contributed by atoms with Gasteiger partial charge in [0.1, 0.15) is 15.8 Å². The lowest BCUT2D eigenvalue weighted by atomic mass is 10.2. The van der Waals surface area contributed by atoms with Gasteiger partial charge in [-0.2, -0.15) is 0 Å². The van der Waals surface area contributed by atoms with Gasteiger partial charge in [-0.05, 0) is 31.1 Å². The van der Waals surface area contributed by atoms with E-state index in [4.69, 9.17) is 17.0 Å². The third kappa shape index (κ3) is 3.50. The number of pyridine rings is 1. The first kappa shape index (κ1) is 18.1. The molecule has 2 fully saturated rings. The Morgan fingerprint density at radius 3 is 3.00 bits per heavy atom. The summed E-state index contributed by atoms with van der Waals surface area (Å²) in [5, 5.41) is 3.24. The summed E-state index contributed by atoms with van der Waals surface area (Å²) in [6.07, 6.45) is 5.35. The molecule has 1 amide bonds. The number of carbonyl (C=O) groups excluding carboxylic acids is 1. The van der Waals surface area contributed by atoms with Crippen molar-refractivity contribution in [2.75, 3.05) is 25.5 Å². The molecule has 7 nitrogen and oxygen atoms in total. The number of hydrogen-bond acceptors (Lipinski definition) is 7. The van der Waals surface area contributed by atoms with Crippen LogP contribution < -0.4 is 10.9 Å². The molecule has 27 heavy (non-hydrogen) atoms. The van der Waals surface area contributed by atoms with Crippen LogP contribution in [-0.4, -0.2) is 50.8 Å². The molecule has 1 N–H and O–H groups in total. The Labute approximate surface area is 165 Å². The Morgan fingerprint density at radius 2 is 2.30 bits per heavy atom. The zero-order chi connectivity index (χ0) is 19.0. The lowest BCUT2D eigenvalue weighted by Crippen LogP contribution is -2.25. The van der Waals surface area contributed by atoms with E-state index in [1.807, 2.05) is 6.07 Å². The van der Waals surface area contributed by atoms with E-state index in [0.29, 0.717) is 32.8 Å². The SMILES string of the molecule is CN1C(=O)/C(=C/c2c(NC[C@@H]3CCCO3)nc3ccccn3c2=O)SC1=S. The minimum atomic E-state index is -0.239. The van der Waals surface area contributed by atoms with Crippen molar-refractivity contribution in [3.63, 3.8) is 0 Å². The number of aromatic nitrogens is 2. The molecule has 2 aromatic heterocycles. The molecule has 0 spiro atoms. The van der Waals surface area contributed by atoms with Crippen molar-refractivity contribution < 1.29 is 9.53 Å². The summed E-state index contributed by atoms with van der Waals surface area (Å²) in [7, 11) is 1.63. The predicted octanol–water partition coefficient (Wildman–Crippen LogP) is 2.12. The Morgan fingerprint density at radius 1 is 1.44 bits per heavy atom. The maximum atomic E-state index is 13.0. The van der Waals surface area contributed by atoms with Crippen molar-refractivity contribution in [1.29, 1.82) is 0 Å². The van der Waals surface area contributed by atoms with Gasteiger partial charge >= 0.3 is 0 Å². The highest BCUT2D eigenvalue weighted by atomic mass is 32.2. The largest absolute Gasteiger partial charge is 0.376 e. The number of hydrogen-bond donors (Lipinski definition) is 1. The molecule has 0 unspecified atom stereocenters. The van der Waals surface area contributed by atoms with Gasteiger partial charge in [-0.1, -0.05) is 30.0 Å². The third-order valence-corrected chi connectivity index (χ3v) is 6.04. The minimum Gasteiger partial charge on any atom is -0.376 e. The quantitative estimate of drug-likeness (QED) is 0.620. The molecule has 1 atom stereocenters. The normalized spacial score (nSPS) is 21.6. The fraction of sp³-hybridized carbons (Fsp3) is 0.333. The van der Waals surface area contributed by atoms with Gasteiger partial charge in [-0.15, -0.1) is 0 Å². The van der Waals surface area contributed by atoms with Gasteiger partial charge in [-0.3, -0.25) is 18.9 Å². The highest BCUT2D eigenvalue weighted by Gasteiger charge is 2.29. The maximum absolute atomic E-state index is 13.0. The van der Waals surface area contributed by atoms with Gasteiger partial charge in [0.15, 0.2) is 0 Å². The lowest BCUT2D eigenvalue weighted by molar-refractivity contribution is -0.121. The van der Waals surface area contributed by atoms with Crippen LogP contribution in [0.3, 0.4) is 0 Å². The first-order valence-corrected chi connectivity index (χ1v) is 9.85. The predicted molar refractivity (Wildman–Crippen MR) is 110 cm³/mol. The molecule has 0 bridgehead atoms. The van der Waals surface area contributed by atoms with E-state index in [1.165, 1.54) is 21.1 Å². The Kier molecular flexibility index (Phi) is 4.98. The number of likely N-dealkylation sites (N-methyl/N-ethyl adjacent to an activating group) is 1. The monoisotopic (exact) mass is 402 g/mol. The standard InChI is InChI=1S/C18H18N4O3S2/c1-21-17(24)13(27-18(21)26)9-12-15(19-10-11-5-4-8-25-11)20-14-6-2-3-7-22(14)16(12)23/h2-3,6-7,9,11,19H,4-5,8,10H2,1H3/b13-9-/t11-/m0/s1. The summed E-state index contributed by atoms with van der Waals surface area (Å²) in [6.45, 7) is 1.32. The minimum absolute atomic E-state index is 0.0997. The number of rotatable bonds is 4. The zero-order valence-electron chi connectivity index (χ0n) is 14.7. The van der Waals surface area contributed by atoms with Crippen LogP contribution in [0.5, 0.6) is 0 Å². The molecular weight excluding hydrogens is 384 g/mol. The second-order valence-electron chi connectivity index (χ2n) is 6.36. The number of anilines is 1. The zero-order valence-corrected chi connectivity index (χ0v) is 16.3. The number of nitrogens with zero attached hydrogens (tertiary/aromatic N) is 3. The average Bonchev–Trinajstić information content (AvgIpc) is 3.27. The molecule has 2 aromatic rings. The van der Waals surface area contributed by atoms with Crippen molar-refractivity contribution in [2.24, 2.45) is 0 Å². The van der Waals surface area contributed by atoms with Gasteiger partial charge in [0, 0.05) is 26.4 Å². The van der Waals surface area contributed by atoms with Crippen LogP contribution in [0.15, 0.2) is 34.1 Å². The average molecular weight is 403 g/mol. The smallest absolute Gasteiger partial charge is 0.267 e. The number of amides is 1. The Hall–Kier alpha value is -2.23. The number of ether oxygens (including phenoxy) is 1. The number of thioether (sulfide) groups is 1. The van der Waals surface area contributed by atoms with Crippen LogP contribution in [0.4, 0.5) is 5.82 Å². The summed E-state index contributed by atoms with van der Waals surface area (Å²) in [6, 6.07) is 5.37. The second-order valence-corrected chi connectivity index (χ2v) is 8.04. The highest BCUT2D eigenvalue weighted by Crippen LogP contribution is 2.31. The van der Waals surface area contributed by atoms with Crippen LogP contribution in [0, 0.1) is 0 Å². The second kappa shape index (κ2) is 7.41. The van der Waals surface area contributed by atoms with Gasteiger partial charge in [0.2, 0.25) is 0 Å². The summed E-state index contributed by atoms with van der Waals surface area (Å²) in [4.78, 5) is 31.8. The molecule has 2 saturated heterocycles. The maximum Gasteiger partial charge on any atom is 0.267 e. The van der Waals surface area contributed by atoms with E-state index >= 15 is 0 Å². The molecule has 0 aliphatic carbocycles. The topological polar surface area (TPSA) is 75.9 Å². The van der Waals surface area contributed by atoms with E-state index in [1.54, 1.807) is 31.5 Å². The lowest BCUT2D eigenvalue weighted by Gasteiger charge is -2.14. The molecule has 140 valence electrons. The molecule has 4 rings (SSSR count). The van der Waals surface area contributed by atoms with Gasteiger partial charge < -0.3 is 10.1 Å². The fourth-order valence-corrected chi connectivity index (χ4v) is 4.22.